The average molecular weight is 397 g/mol. The fourth-order valence-corrected chi connectivity index (χ4v) is 3.22. The van der Waals surface area contributed by atoms with E-state index in [1.54, 1.807) is 31.4 Å². The molecule has 2 aromatic carbocycles. The number of anilines is 2. The first-order chi connectivity index (χ1) is 14.1. The molecule has 7 nitrogen and oxygen atoms in total. The maximum absolute atomic E-state index is 12.8. The molecule has 1 fully saturated rings. The molecule has 1 N–H and O–H groups in total. The third kappa shape index (κ3) is 5.48. The van der Waals surface area contributed by atoms with Crippen LogP contribution in [0.5, 0.6) is 5.75 Å². The van der Waals surface area contributed by atoms with Gasteiger partial charge in [-0.15, -0.1) is 0 Å². The Morgan fingerprint density at radius 3 is 2.52 bits per heavy atom. The van der Waals surface area contributed by atoms with Gasteiger partial charge in [-0.25, -0.2) is 0 Å². The number of nitrogens with zero attached hydrogens (tertiary/aromatic N) is 2. The summed E-state index contributed by atoms with van der Waals surface area (Å²) < 4.78 is 10.5. The second kappa shape index (κ2) is 9.93. The van der Waals surface area contributed by atoms with E-state index in [1.165, 1.54) is 4.90 Å². The van der Waals surface area contributed by atoms with Crippen molar-refractivity contribution in [2.24, 2.45) is 0 Å². The number of hydrogen-bond acceptors (Lipinski definition) is 5. The summed E-state index contributed by atoms with van der Waals surface area (Å²) in [6, 6.07) is 14.6. The Balaban J connectivity index is 1.61. The van der Waals surface area contributed by atoms with Gasteiger partial charge in [-0.3, -0.25) is 9.59 Å². The van der Waals surface area contributed by atoms with Crippen molar-refractivity contribution < 1.29 is 19.1 Å². The Morgan fingerprint density at radius 2 is 1.86 bits per heavy atom. The smallest absolute Gasteiger partial charge is 0.254 e. The van der Waals surface area contributed by atoms with Crippen LogP contribution in [0.3, 0.4) is 0 Å². The summed E-state index contributed by atoms with van der Waals surface area (Å²) in [4.78, 5) is 29.0. The van der Waals surface area contributed by atoms with Crippen molar-refractivity contribution in [3.8, 4) is 5.75 Å². The first kappa shape index (κ1) is 20.7. The summed E-state index contributed by atoms with van der Waals surface area (Å²) in [6.45, 7) is 5.41. The molecule has 0 spiro atoms. The first-order valence-electron chi connectivity index (χ1n) is 9.76. The highest BCUT2D eigenvalue weighted by molar-refractivity contribution is 5.99. The Morgan fingerprint density at radius 1 is 1.14 bits per heavy atom. The number of hydrogen-bond donors (Lipinski definition) is 1. The number of nitrogens with one attached hydrogen (secondary N) is 1. The summed E-state index contributed by atoms with van der Waals surface area (Å²) in [5, 5.41) is 2.81. The minimum atomic E-state index is -0.251. The van der Waals surface area contributed by atoms with Crippen molar-refractivity contribution in [1.29, 1.82) is 0 Å². The predicted octanol–water partition coefficient (Wildman–Crippen LogP) is 2.63. The van der Waals surface area contributed by atoms with Crippen molar-refractivity contribution in [3.63, 3.8) is 0 Å². The zero-order chi connectivity index (χ0) is 20.6. The maximum atomic E-state index is 12.8. The fourth-order valence-electron chi connectivity index (χ4n) is 3.22. The second-order valence-corrected chi connectivity index (χ2v) is 6.75. The van der Waals surface area contributed by atoms with E-state index in [-0.39, 0.29) is 18.4 Å². The molecule has 7 heteroatoms. The van der Waals surface area contributed by atoms with Crippen molar-refractivity contribution in [3.05, 3.63) is 54.1 Å². The predicted molar refractivity (Wildman–Crippen MR) is 113 cm³/mol. The quantitative estimate of drug-likeness (QED) is 0.778. The van der Waals surface area contributed by atoms with Gasteiger partial charge in [-0.1, -0.05) is 6.07 Å². The monoisotopic (exact) mass is 397 g/mol. The van der Waals surface area contributed by atoms with Crippen molar-refractivity contribution >= 4 is 23.2 Å². The van der Waals surface area contributed by atoms with Crippen LogP contribution in [0.1, 0.15) is 17.3 Å². The van der Waals surface area contributed by atoms with Crippen molar-refractivity contribution in [2.75, 3.05) is 56.7 Å². The molecular weight excluding hydrogens is 370 g/mol. The minimum absolute atomic E-state index is 0.0161. The topological polar surface area (TPSA) is 71.1 Å². The minimum Gasteiger partial charge on any atom is -0.497 e. The zero-order valence-corrected chi connectivity index (χ0v) is 16.9. The standard InChI is InChI=1S/C22H27N3O4/c1-3-24(16-21(26)23-18-5-4-6-20(15-18)28-2)22(27)17-7-9-19(10-8-17)25-11-13-29-14-12-25/h4-10,15H,3,11-14,16H2,1-2H3,(H,23,26). The van der Waals surface area contributed by atoms with Gasteiger partial charge < -0.3 is 24.6 Å². The molecule has 0 aromatic heterocycles. The molecule has 1 saturated heterocycles. The fraction of sp³-hybridized carbons (Fsp3) is 0.364. The molecule has 0 bridgehead atoms. The van der Waals surface area contributed by atoms with Gasteiger partial charge in [-0.2, -0.15) is 0 Å². The number of amides is 2. The van der Waals surface area contributed by atoms with Crippen LogP contribution in [0.25, 0.3) is 0 Å². The van der Waals surface area contributed by atoms with Crippen molar-refractivity contribution in [1.82, 2.24) is 4.90 Å². The molecule has 1 heterocycles. The number of rotatable bonds is 7. The van der Waals surface area contributed by atoms with Gasteiger partial charge in [0, 0.05) is 42.6 Å². The number of carbonyl (C=O) groups excluding carboxylic acids is 2. The number of likely N-dealkylation sites (N-methyl/N-ethyl adjacent to an activating group) is 1. The molecule has 1 aliphatic heterocycles. The summed E-state index contributed by atoms with van der Waals surface area (Å²) in [5.41, 5.74) is 2.27. The van der Waals surface area contributed by atoms with E-state index in [0.717, 1.165) is 18.8 Å². The van der Waals surface area contributed by atoms with E-state index >= 15 is 0 Å². The Kier molecular flexibility index (Phi) is 7.08. The third-order valence-corrected chi connectivity index (χ3v) is 4.85. The van der Waals surface area contributed by atoms with E-state index in [0.29, 0.717) is 36.8 Å². The molecule has 0 radical (unpaired) electrons. The summed E-state index contributed by atoms with van der Waals surface area (Å²) in [5.74, 6) is 0.242. The number of carbonyl (C=O) groups is 2. The zero-order valence-electron chi connectivity index (χ0n) is 16.9. The molecule has 2 amide bonds. The van der Waals surface area contributed by atoms with E-state index in [4.69, 9.17) is 9.47 Å². The van der Waals surface area contributed by atoms with Crippen LogP contribution in [-0.2, 0) is 9.53 Å². The molecule has 3 rings (SSSR count). The van der Waals surface area contributed by atoms with Crippen LogP contribution in [-0.4, -0.2) is 63.2 Å². The Hall–Kier alpha value is -3.06. The SMILES string of the molecule is CCN(CC(=O)Nc1cccc(OC)c1)C(=O)c1ccc(N2CCOCC2)cc1. The molecule has 0 unspecified atom stereocenters. The van der Waals surface area contributed by atoms with Gasteiger partial charge in [0.05, 0.1) is 20.3 Å². The van der Waals surface area contributed by atoms with Crippen LogP contribution in [0, 0.1) is 0 Å². The molecule has 0 aliphatic carbocycles. The lowest BCUT2D eigenvalue weighted by Crippen LogP contribution is -2.38. The summed E-state index contributed by atoms with van der Waals surface area (Å²) in [7, 11) is 1.57. The third-order valence-electron chi connectivity index (χ3n) is 4.85. The van der Waals surface area contributed by atoms with Crippen LogP contribution in [0.2, 0.25) is 0 Å². The second-order valence-electron chi connectivity index (χ2n) is 6.75. The molecule has 2 aromatic rings. The molecule has 29 heavy (non-hydrogen) atoms. The first-order valence-corrected chi connectivity index (χ1v) is 9.76. The largest absolute Gasteiger partial charge is 0.497 e. The van der Waals surface area contributed by atoms with E-state index in [2.05, 4.69) is 10.2 Å². The highest BCUT2D eigenvalue weighted by atomic mass is 16.5. The lowest BCUT2D eigenvalue weighted by molar-refractivity contribution is -0.116. The van der Waals surface area contributed by atoms with E-state index in [1.807, 2.05) is 31.2 Å². The summed E-state index contributed by atoms with van der Waals surface area (Å²) in [6.07, 6.45) is 0. The lowest BCUT2D eigenvalue weighted by Gasteiger charge is -2.29. The summed E-state index contributed by atoms with van der Waals surface area (Å²) >= 11 is 0. The van der Waals surface area contributed by atoms with Gasteiger partial charge in [0.25, 0.3) is 5.91 Å². The van der Waals surface area contributed by atoms with Crippen LogP contribution in [0.4, 0.5) is 11.4 Å². The molecule has 154 valence electrons. The normalized spacial score (nSPS) is 13.7. The maximum Gasteiger partial charge on any atom is 0.254 e. The average Bonchev–Trinajstić information content (AvgIpc) is 2.78. The van der Waals surface area contributed by atoms with E-state index < -0.39 is 0 Å². The Bertz CT molecular complexity index is 832. The van der Waals surface area contributed by atoms with Gasteiger partial charge in [0.15, 0.2) is 0 Å². The highest BCUT2D eigenvalue weighted by Gasteiger charge is 2.18. The number of benzene rings is 2. The van der Waals surface area contributed by atoms with Gasteiger partial charge >= 0.3 is 0 Å². The molecule has 1 aliphatic rings. The van der Waals surface area contributed by atoms with Crippen LogP contribution < -0.4 is 15.0 Å². The molecule has 0 saturated carbocycles. The van der Waals surface area contributed by atoms with Gasteiger partial charge in [0.1, 0.15) is 12.3 Å². The van der Waals surface area contributed by atoms with Gasteiger partial charge in [-0.05, 0) is 43.3 Å². The lowest BCUT2D eigenvalue weighted by atomic mass is 10.1. The van der Waals surface area contributed by atoms with Crippen molar-refractivity contribution in [2.45, 2.75) is 6.92 Å². The van der Waals surface area contributed by atoms with Crippen LogP contribution >= 0.6 is 0 Å². The molecule has 0 atom stereocenters. The number of methoxy groups -OCH3 is 1. The number of morpholine rings is 1. The van der Waals surface area contributed by atoms with Crippen LogP contribution in [0.15, 0.2) is 48.5 Å². The molecular formula is C22H27N3O4. The number of ether oxygens (including phenoxy) is 2. The highest BCUT2D eigenvalue weighted by Crippen LogP contribution is 2.18. The van der Waals surface area contributed by atoms with E-state index in [9.17, 15) is 9.59 Å². The Labute approximate surface area is 171 Å². The van der Waals surface area contributed by atoms with Gasteiger partial charge in [0.2, 0.25) is 5.91 Å².